The van der Waals surface area contributed by atoms with Gasteiger partial charge in [-0.05, 0) is 35.7 Å². The molecule has 0 spiro atoms. The first kappa shape index (κ1) is 18.7. The number of amides is 1. The van der Waals surface area contributed by atoms with Crippen molar-refractivity contribution in [3.63, 3.8) is 0 Å². The molecule has 1 aliphatic rings. The lowest BCUT2D eigenvalue weighted by Gasteiger charge is -2.31. The van der Waals surface area contributed by atoms with Crippen molar-refractivity contribution in [3.8, 4) is 0 Å². The fourth-order valence-corrected chi connectivity index (χ4v) is 4.01. The third-order valence-corrected chi connectivity index (χ3v) is 5.70. The first-order chi connectivity index (χ1) is 12.3. The van der Waals surface area contributed by atoms with Gasteiger partial charge < -0.3 is 4.90 Å². The maximum Gasteiger partial charge on any atom is 0.243 e. The van der Waals surface area contributed by atoms with Crippen molar-refractivity contribution in [1.82, 2.24) is 4.90 Å². The van der Waals surface area contributed by atoms with Crippen molar-refractivity contribution >= 4 is 33.2 Å². The zero-order chi connectivity index (χ0) is 18.9. The van der Waals surface area contributed by atoms with Gasteiger partial charge in [0.05, 0.1) is 11.9 Å². The Balaban J connectivity index is 1.83. The van der Waals surface area contributed by atoms with Gasteiger partial charge in [-0.15, -0.1) is 0 Å². The number of sulfonamides is 1. The summed E-state index contributed by atoms with van der Waals surface area (Å²) < 4.78 is 39.3. The van der Waals surface area contributed by atoms with Crippen LogP contribution in [-0.4, -0.2) is 38.6 Å². The van der Waals surface area contributed by atoms with E-state index in [0.717, 1.165) is 22.2 Å². The maximum absolute atomic E-state index is 14.2. The summed E-state index contributed by atoms with van der Waals surface area (Å²) >= 11 is 5.73. The number of carbonyl (C=O) groups excluding carboxylic acids is 1. The van der Waals surface area contributed by atoms with E-state index in [1.165, 1.54) is 17.7 Å². The highest BCUT2D eigenvalue weighted by molar-refractivity contribution is 7.92. The molecule has 1 aliphatic heterocycles. The van der Waals surface area contributed by atoms with Gasteiger partial charge in [-0.2, -0.15) is 0 Å². The number of anilines is 1. The molecule has 0 aliphatic carbocycles. The molecule has 2 aromatic carbocycles. The highest BCUT2D eigenvalue weighted by Crippen LogP contribution is 2.25. The van der Waals surface area contributed by atoms with E-state index in [1.807, 2.05) is 24.3 Å². The second kappa shape index (κ2) is 7.25. The Morgan fingerprint density at radius 2 is 1.92 bits per heavy atom. The Kier molecular flexibility index (Phi) is 5.20. The minimum Gasteiger partial charge on any atom is -0.336 e. The molecular weight excluding hydrogens is 379 g/mol. The number of halogens is 2. The highest BCUT2D eigenvalue weighted by Gasteiger charge is 2.28. The number of hydrogen-bond donors (Lipinski definition) is 0. The van der Waals surface area contributed by atoms with Gasteiger partial charge in [0.1, 0.15) is 12.4 Å². The van der Waals surface area contributed by atoms with Gasteiger partial charge in [0.25, 0.3) is 0 Å². The van der Waals surface area contributed by atoms with Crippen LogP contribution in [0.3, 0.4) is 0 Å². The molecule has 0 unspecified atom stereocenters. The molecule has 138 valence electrons. The zero-order valence-corrected chi connectivity index (χ0v) is 15.7. The second-order valence-corrected chi connectivity index (χ2v) is 8.54. The summed E-state index contributed by atoms with van der Waals surface area (Å²) in [5.41, 5.74) is 2.03. The van der Waals surface area contributed by atoms with Crippen LogP contribution in [0.2, 0.25) is 5.02 Å². The van der Waals surface area contributed by atoms with Crippen molar-refractivity contribution < 1.29 is 17.6 Å². The molecule has 1 heterocycles. The van der Waals surface area contributed by atoms with E-state index in [2.05, 4.69) is 0 Å². The SMILES string of the molecule is CS(=O)(=O)N(CC(=O)N1CCc2ccccc2C1)c1ccc(Cl)cc1F. The van der Waals surface area contributed by atoms with E-state index in [-0.39, 0.29) is 16.6 Å². The van der Waals surface area contributed by atoms with Crippen LogP contribution in [0.25, 0.3) is 0 Å². The van der Waals surface area contributed by atoms with Crippen LogP contribution in [0.15, 0.2) is 42.5 Å². The Labute approximate surface area is 157 Å². The summed E-state index contributed by atoms with van der Waals surface area (Å²) in [4.78, 5) is 14.3. The van der Waals surface area contributed by atoms with E-state index in [0.29, 0.717) is 19.5 Å². The van der Waals surface area contributed by atoms with Gasteiger partial charge in [-0.25, -0.2) is 12.8 Å². The van der Waals surface area contributed by atoms with E-state index < -0.39 is 22.4 Å². The van der Waals surface area contributed by atoms with Gasteiger partial charge in [-0.1, -0.05) is 35.9 Å². The first-order valence-corrected chi connectivity index (χ1v) is 10.3. The molecule has 0 aromatic heterocycles. The molecule has 2 aromatic rings. The normalized spacial score (nSPS) is 14.0. The van der Waals surface area contributed by atoms with E-state index in [9.17, 15) is 17.6 Å². The number of hydrogen-bond acceptors (Lipinski definition) is 3. The highest BCUT2D eigenvalue weighted by atomic mass is 35.5. The molecule has 0 N–H and O–H groups in total. The number of fused-ring (bicyclic) bond motifs is 1. The van der Waals surface area contributed by atoms with Gasteiger partial charge in [0.2, 0.25) is 15.9 Å². The lowest BCUT2D eigenvalue weighted by molar-refractivity contribution is -0.130. The quantitative estimate of drug-likeness (QED) is 0.798. The van der Waals surface area contributed by atoms with Crippen LogP contribution in [0.4, 0.5) is 10.1 Å². The number of carbonyl (C=O) groups is 1. The van der Waals surface area contributed by atoms with Crippen molar-refractivity contribution in [2.45, 2.75) is 13.0 Å². The molecule has 8 heteroatoms. The Hall–Kier alpha value is -2.12. The minimum absolute atomic E-state index is 0.152. The summed E-state index contributed by atoms with van der Waals surface area (Å²) in [6, 6.07) is 11.5. The summed E-state index contributed by atoms with van der Waals surface area (Å²) in [6.45, 7) is 0.450. The average Bonchev–Trinajstić information content (AvgIpc) is 2.59. The predicted octanol–water partition coefficient (Wildman–Crippen LogP) is 2.83. The Morgan fingerprint density at radius 3 is 2.58 bits per heavy atom. The zero-order valence-electron chi connectivity index (χ0n) is 14.2. The topological polar surface area (TPSA) is 57.7 Å². The number of nitrogens with zero attached hydrogens (tertiary/aromatic N) is 2. The lowest BCUT2D eigenvalue weighted by Crippen LogP contribution is -2.44. The maximum atomic E-state index is 14.2. The van der Waals surface area contributed by atoms with Crippen molar-refractivity contribution in [1.29, 1.82) is 0 Å². The predicted molar refractivity (Wildman–Crippen MR) is 99.2 cm³/mol. The van der Waals surface area contributed by atoms with Crippen LogP contribution in [0.1, 0.15) is 11.1 Å². The smallest absolute Gasteiger partial charge is 0.243 e. The molecule has 3 rings (SSSR count). The average molecular weight is 397 g/mol. The van der Waals surface area contributed by atoms with Crippen LogP contribution in [0.5, 0.6) is 0 Å². The van der Waals surface area contributed by atoms with Crippen LogP contribution >= 0.6 is 11.6 Å². The van der Waals surface area contributed by atoms with Crippen LogP contribution in [0, 0.1) is 5.82 Å². The lowest BCUT2D eigenvalue weighted by atomic mass is 10.00. The van der Waals surface area contributed by atoms with E-state index in [4.69, 9.17) is 11.6 Å². The number of rotatable bonds is 4. The third-order valence-electron chi connectivity index (χ3n) is 4.34. The monoisotopic (exact) mass is 396 g/mol. The fraction of sp³-hybridized carbons (Fsp3) is 0.278. The van der Waals surface area contributed by atoms with Gasteiger partial charge >= 0.3 is 0 Å². The molecule has 0 atom stereocenters. The molecule has 0 radical (unpaired) electrons. The summed E-state index contributed by atoms with van der Waals surface area (Å²) in [7, 11) is -3.84. The molecule has 5 nitrogen and oxygen atoms in total. The summed E-state index contributed by atoms with van der Waals surface area (Å²) in [5.74, 6) is -1.17. The van der Waals surface area contributed by atoms with Gasteiger partial charge in [0, 0.05) is 18.1 Å². The van der Waals surface area contributed by atoms with E-state index in [1.54, 1.807) is 4.90 Å². The molecule has 0 saturated heterocycles. The Bertz CT molecular complexity index is 949. The molecule has 0 bridgehead atoms. The second-order valence-electron chi connectivity index (χ2n) is 6.20. The van der Waals surface area contributed by atoms with E-state index >= 15 is 0 Å². The third kappa shape index (κ3) is 3.99. The molecule has 26 heavy (non-hydrogen) atoms. The number of benzene rings is 2. The molecule has 1 amide bonds. The first-order valence-electron chi connectivity index (χ1n) is 8.03. The van der Waals surface area contributed by atoms with Crippen molar-refractivity contribution in [2.75, 3.05) is 23.7 Å². The Morgan fingerprint density at radius 1 is 1.23 bits per heavy atom. The standard InChI is InChI=1S/C18H18ClFN2O3S/c1-26(24,25)22(17-7-6-15(19)10-16(17)20)12-18(23)21-9-8-13-4-2-3-5-14(13)11-21/h2-7,10H,8-9,11-12H2,1H3. The van der Waals surface area contributed by atoms with Gasteiger partial charge in [0.15, 0.2) is 0 Å². The van der Waals surface area contributed by atoms with Crippen LogP contribution < -0.4 is 4.31 Å². The van der Waals surface area contributed by atoms with Crippen molar-refractivity contribution in [3.05, 3.63) is 64.4 Å². The summed E-state index contributed by atoms with van der Waals surface area (Å²) in [6.07, 6.45) is 1.65. The molecular formula is C18H18ClFN2O3S. The minimum atomic E-state index is -3.84. The fourth-order valence-electron chi connectivity index (χ4n) is 3.00. The molecule has 0 saturated carbocycles. The molecule has 0 fully saturated rings. The van der Waals surface area contributed by atoms with Crippen molar-refractivity contribution in [2.24, 2.45) is 0 Å². The largest absolute Gasteiger partial charge is 0.336 e. The summed E-state index contributed by atoms with van der Waals surface area (Å²) in [5, 5.41) is 0.152. The van der Waals surface area contributed by atoms with Gasteiger partial charge in [-0.3, -0.25) is 9.10 Å². The van der Waals surface area contributed by atoms with Crippen LogP contribution in [-0.2, 0) is 27.8 Å².